The summed E-state index contributed by atoms with van der Waals surface area (Å²) in [6.07, 6.45) is 1.66. The summed E-state index contributed by atoms with van der Waals surface area (Å²) in [7, 11) is -3.42. The highest BCUT2D eigenvalue weighted by molar-refractivity contribution is 7.92. The molecule has 1 atom stereocenters. The zero-order valence-corrected chi connectivity index (χ0v) is 17.7. The quantitative estimate of drug-likeness (QED) is 0.778. The van der Waals surface area contributed by atoms with E-state index in [0.29, 0.717) is 12.1 Å². The molecule has 0 radical (unpaired) electrons. The van der Waals surface area contributed by atoms with E-state index in [0.717, 1.165) is 23.1 Å². The number of aryl methyl sites for hydroxylation is 1. The summed E-state index contributed by atoms with van der Waals surface area (Å²) in [5.74, 6) is 0.428. The maximum atomic E-state index is 12.9. The lowest BCUT2D eigenvalue weighted by Crippen LogP contribution is -2.41. The van der Waals surface area contributed by atoms with Crippen LogP contribution in [0, 0.1) is 6.92 Å². The molecule has 0 spiro atoms. The lowest BCUT2D eigenvalue weighted by molar-refractivity contribution is 0.0619. The summed E-state index contributed by atoms with van der Waals surface area (Å²) < 4.78 is 31.1. The van der Waals surface area contributed by atoms with Crippen LogP contribution < -0.4 is 14.8 Å². The van der Waals surface area contributed by atoms with Crippen molar-refractivity contribution in [3.8, 4) is 5.75 Å². The number of carbonyl (C=O) groups excluding carboxylic acids is 1. The van der Waals surface area contributed by atoms with Crippen molar-refractivity contribution in [2.45, 2.75) is 38.8 Å². The number of carbonyl (C=O) groups is 1. The molecule has 0 saturated carbocycles. The molecule has 2 N–H and O–H groups in total. The van der Waals surface area contributed by atoms with Crippen molar-refractivity contribution >= 4 is 33.2 Å². The summed E-state index contributed by atoms with van der Waals surface area (Å²) in [4.78, 5) is 12.9. The van der Waals surface area contributed by atoms with Gasteiger partial charge in [-0.05, 0) is 45.0 Å². The van der Waals surface area contributed by atoms with Crippen LogP contribution in [0.3, 0.4) is 0 Å². The molecule has 1 aliphatic heterocycles. The first kappa shape index (κ1) is 20.5. The minimum Gasteiger partial charge on any atom is -0.487 e. The van der Waals surface area contributed by atoms with Crippen molar-refractivity contribution in [3.63, 3.8) is 0 Å². The molecule has 1 aliphatic rings. The summed E-state index contributed by atoms with van der Waals surface area (Å²) in [6, 6.07) is 10.1. The second-order valence-electron chi connectivity index (χ2n) is 7.70. The number of hydrogen-bond acceptors (Lipinski definition) is 4. The van der Waals surface area contributed by atoms with Gasteiger partial charge in [-0.25, -0.2) is 8.42 Å². The molecule has 0 bridgehead atoms. The Balaban J connectivity index is 1.86. The van der Waals surface area contributed by atoms with Crippen molar-refractivity contribution in [2.24, 2.45) is 0 Å². The highest BCUT2D eigenvalue weighted by Crippen LogP contribution is 2.40. The Morgan fingerprint density at radius 1 is 1.21 bits per heavy atom. The molecule has 0 unspecified atom stereocenters. The summed E-state index contributed by atoms with van der Waals surface area (Å²) in [5, 5.41) is 3.21. The van der Waals surface area contributed by atoms with Crippen LogP contribution in [-0.2, 0) is 10.0 Å². The van der Waals surface area contributed by atoms with E-state index in [1.165, 1.54) is 18.2 Å². The Bertz CT molecular complexity index is 1030. The van der Waals surface area contributed by atoms with Gasteiger partial charge in [0.1, 0.15) is 11.4 Å². The molecule has 0 aliphatic carbocycles. The number of amides is 1. The summed E-state index contributed by atoms with van der Waals surface area (Å²) >= 11 is 6.23. The van der Waals surface area contributed by atoms with Gasteiger partial charge in [0.05, 0.1) is 22.9 Å². The highest BCUT2D eigenvalue weighted by atomic mass is 35.5. The first-order valence-electron chi connectivity index (χ1n) is 8.81. The number of halogens is 1. The van der Waals surface area contributed by atoms with Crippen LogP contribution in [0.1, 0.15) is 47.8 Å². The monoisotopic (exact) mass is 422 g/mol. The normalized spacial score (nSPS) is 18.0. The highest BCUT2D eigenvalue weighted by Gasteiger charge is 2.34. The SMILES string of the molecule is Cc1ccc2c(c1)[C@@H](NC(=O)c1ccc(NS(C)(=O)=O)cc1Cl)CC(C)(C)O2. The van der Waals surface area contributed by atoms with Gasteiger partial charge in [-0.1, -0.05) is 29.3 Å². The van der Waals surface area contributed by atoms with E-state index >= 15 is 0 Å². The number of nitrogens with one attached hydrogen (secondary N) is 2. The molecule has 3 rings (SSSR count). The van der Waals surface area contributed by atoms with Crippen LogP contribution in [0.5, 0.6) is 5.75 Å². The number of sulfonamides is 1. The minimum atomic E-state index is -3.42. The second-order valence-corrected chi connectivity index (χ2v) is 9.86. The van der Waals surface area contributed by atoms with E-state index < -0.39 is 15.6 Å². The number of hydrogen-bond donors (Lipinski definition) is 2. The molecule has 6 nitrogen and oxygen atoms in total. The van der Waals surface area contributed by atoms with Crippen molar-refractivity contribution in [1.82, 2.24) is 5.32 Å². The van der Waals surface area contributed by atoms with Gasteiger partial charge in [0.15, 0.2) is 0 Å². The first-order valence-corrected chi connectivity index (χ1v) is 11.1. The number of anilines is 1. The van der Waals surface area contributed by atoms with Gasteiger partial charge in [-0.3, -0.25) is 9.52 Å². The van der Waals surface area contributed by atoms with Crippen molar-refractivity contribution in [1.29, 1.82) is 0 Å². The molecule has 0 fully saturated rings. The Hall–Kier alpha value is -2.25. The molecular formula is C20H23ClN2O4S. The van der Waals surface area contributed by atoms with E-state index in [9.17, 15) is 13.2 Å². The van der Waals surface area contributed by atoms with Gasteiger partial charge in [-0.2, -0.15) is 0 Å². The van der Waals surface area contributed by atoms with Crippen LogP contribution in [-0.4, -0.2) is 26.2 Å². The summed E-state index contributed by atoms with van der Waals surface area (Å²) in [6.45, 7) is 5.95. The fourth-order valence-corrected chi connectivity index (χ4v) is 4.14. The van der Waals surface area contributed by atoms with Gasteiger partial charge in [0.25, 0.3) is 5.91 Å². The van der Waals surface area contributed by atoms with Crippen molar-refractivity contribution in [3.05, 3.63) is 58.1 Å². The molecular weight excluding hydrogens is 400 g/mol. The van der Waals surface area contributed by atoms with E-state index in [4.69, 9.17) is 16.3 Å². The maximum absolute atomic E-state index is 12.9. The maximum Gasteiger partial charge on any atom is 0.253 e. The molecule has 28 heavy (non-hydrogen) atoms. The van der Waals surface area contributed by atoms with Crippen molar-refractivity contribution < 1.29 is 17.9 Å². The van der Waals surface area contributed by atoms with Gasteiger partial charge in [0.2, 0.25) is 10.0 Å². The lowest BCUT2D eigenvalue weighted by Gasteiger charge is -2.38. The van der Waals surface area contributed by atoms with Crippen molar-refractivity contribution in [2.75, 3.05) is 11.0 Å². The average Bonchev–Trinajstić information content (AvgIpc) is 2.53. The first-order chi connectivity index (χ1) is 12.9. The minimum absolute atomic E-state index is 0.168. The predicted molar refractivity (Wildman–Crippen MR) is 111 cm³/mol. The zero-order chi connectivity index (χ0) is 20.7. The predicted octanol–water partition coefficient (Wildman–Crippen LogP) is 4.05. The fraction of sp³-hybridized carbons (Fsp3) is 0.350. The van der Waals surface area contributed by atoms with Crippen LogP contribution in [0.2, 0.25) is 5.02 Å². The van der Waals surface area contributed by atoms with E-state index in [-0.39, 0.29) is 22.5 Å². The molecule has 150 valence electrons. The molecule has 2 aromatic carbocycles. The smallest absolute Gasteiger partial charge is 0.253 e. The van der Waals surface area contributed by atoms with Gasteiger partial charge in [0, 0.05) is 17.7 Å². The van der Waals surface area contributed by atoms with Gasteiger partial charge in [-0.15, -0.1) is 0 Å². The van der Waals surface area contributed by atoms with E-state index in [2.05, 4.69) is 10.0 Å². The largest absolute Gasteiger partial charge is 0.487 e. The Kier molecular flexibility index (Phi) is 5.34. The third-order valence-corrected chi connectivity index (χ3v) is 5.36. The number of benzene rings is 2. The third kappa shape index (κ3) is 4.77. The third-order valence-electron chi connectivity index (χ3n) is 4.44. The molecule has 1 heterocycles. The standard InChI is InChI=1S/C20H23ClN2O4S/c1-12-5-8-18-15(9-12)17(11-20(2,3)27-18)22-19(24)14-7-6-13(10-16(14)21)23-28(4,25)26/h5-10,17,23H,11H2,1-4H3,(H,22,24)/t17-/m0/s1. The van der Waals surface area contributed by atoms with Gasteiger partial charge >= 0.3 is 0 Å². The lowest BCUT2D eigenvalue weighted by atomic mass is 9.88. The molecule has 8 heteroatoms. The van der Waals surface area contributed by atoms with E-state index in [1.54, 1.807) is 0 Å². The molecule has 0 aromatic heterocycles. The van der Waals surface area contributed by atoms with E-state index in [1.807, 2.05) is 39.0 Å². The Morgan fingerprint density at radius 3 is 2.57 bits per heavy atom. The Labute approximate surface area is 170 Å². The van der Waals surface area contributed by atoms with Gasteiger partial charge < -0.3 is 10.1 Å². The van der Waals surface area contributed by atoms with Crippen LogP contribution in [0.15, 0.2) is 36.4 Å². The number of fused-ring (bicyclic) bond motifs is 1. The Morgan fingerprint density at radius 2 is 1.93 bits per heavy atom. The molecule has 0 saturated heterocycles. The summed E-state index contributed by atoms with van der Waals surface area (Å²) in [5.41, 5.74) is 2.17. The second kappa shape index (κ2) is 7.29. The molecule has 2 aromatic rings. The zero-order valence-electron chi connectivity index (χ0n) is 16.2. The van der Waals surface area contributed by atoms with Crippen LogP contribution in [0.25, 0.3) is 0 Å². The number of rotatable bonds is 4. The topological polar surface area (TPSA) is 84.5 Å². The molecule has 1 amide bonds. The van der Waals surface area contributed by atoms with Crippen LogP contribution in [0.4, 0.5) is 5.69 Å². The fourth-order valence-electron chi connectivity index (χ4n) is 3.32. The number of ether oxygens (including phenoxy) is 1. The van der Waals surface area contributed by atoms with Crippen LogP contribution >= 0.6 is 11.6 Å². The average molecular weight is 423 g/mol.